The molecule has 0 aliphatic carbocycles. The maximum atomic E-state index is 12.0. The van der Waals surface area contributed by atoms with Crippen LogP contribution in [0.25, 0.3) is 0 Å². The average molecular weight is 293 g/mol. The van der Waals surface area contributed by atoms with Gasteiger partial charge in [0.1, 0.15) is 0 Å². The lowest BCUT2D eigenvalue weighted by Gasteiger charge is -2.30. The molecule has 20 heavy (non-hydrogen) atoms. The number of nitrogens with one attached hydrogen (secondary N) is 1. The topological polar surface area (TPSA) is 58.4 Å². The predicted molar refractivity (Wildman–Crippen MR) is 86.3 cm³/mol. The second kappa shape index (κ2) is 6.88. The second-order valence-corrected chi connectivity index (χ2v) is 6.67. The molecule has 0 aromatic heterocycles. The van der Waals surface area contributed by atoms with Crippen LogP contribution in [0.4, 0.5) is 11.4 Å². The van der Waals surface area contributed by atoms with E-state index in [0.717, 1.165) is 36.6 Å². The molecule has 0 spiro atoms. The third-order valence-electron chi connectivity index (χ3n) is 3.32. The largest absolute Gasteiger partial charge is 0.399 e. The van der Waals surface area contributed by atoms with E-state index in [9.17, 15) is 4.79 Å². The van der Waals surface area contributed by atoms with Crippen LogP contribution in [-0.4, -0.2) is 31.3 Å². The van der Waals surface area contributed by atoms with Gasteiger partial charge in [0.2, 0.25) is 5.91 Å². The van der Waals surface area contributed by atoms with Crippen molar-refractivity contribution in [1.29, 1.82) is 0 Å². The van der Waals surface area contributed by atoms with E-state index in [1.807, 2.05) is 30.0 Å². The van der Waals surface area contributed by atoms with Crippen molar-refractivity contribution in [3.63, 3.8) is 0 Å². The van der Waals surface area contributed by atoms with Crippen LogP contribution in [-0.2, 0) is 4.79 Å². The van der Waals surface area contributed by atoms with Gasteiger partial charge in [-0.1, -0.05) is 13.8 Å². The van der Waals surface area contributed by atoms with Crippen LogP contribution in [0.5, 0.6) is 0 Å². The molecular formula is C15H23N3OS. The van der Waals surface area contributed by atoms with Gasteiger partial charge in [-0.25, -0.2) is 0 Å². The molecule has 110 valence electrons. The molecule has 0 saturated heterocycles. The van der Waals surface area contributed by atoms with E-state index in [2.05, 4.69) is 24.1 Å². The molecule has 5 heteroatoms. The maximum Gasteiger partial charge on any atom is 0.239 e. The van der Waals surface area contributed by atoms with Crippen molar-refractivity contribution in [1.82, 2.24) is 5.32 Å². The molecule has 1 aliphatic heterocycles. The second-order valence-electron chi connectivity index (χ2n) is 5.53. The van der Waals surface area contributed by atoms with E-state index in [4.69, 9.17) is 5.73 Å². The third-order valence-corrected chi connectivity index (χ3v) is 4.36. The number of carbonyl (C=O) groups excluding carboxylic acids is 1. The van der Waals surface area contributed by atoms with Gasteiger partial charge in [-0.2, -0.15) is 0 Å². The normalized spacial score (nSPS) is 14.2. The van der Waals surface area contributed by atoms with Crippen LogP contribution < -0.4 is 16.0 Å². The zero-order valence-electron chi connectivity index (χ0n) is 12.2. The lowest BCUT2D eigenvalue weighted by molar-refractivity contribution is -0.119. The minimum atomic E-state index is 0.0888. The van der Waals surface area contributed by atoms with Crippen LogP contribution >= 0.6 is 11.8 Å². The molecule has 1 amide bonds. The van der Waals surface area contributed by atoms with Crippen molar-refractivity contribution in [3.8, 4) is 0 Å². The fourth-order valence-corrected chi connectivity index (χ4v) is 3.22. The van der Waals surface area contributed by atoms with Crippen molar-refractivity contribution in [2.45, 2.75) is 25.2 Å². The number of hydrogen-bond donors (Lipinski definition) is 2. The van der Waals surface area contributed by atoms with Crippen LogP contribution in [0, 0.1) is 5.92 Å². The van der Waals surface area contributed by atoms with E-state index < -0.39 is 0 Å². The highest BCUT2D eigenvalue weighted by molar-refractivity contribution is 7.99. The summed E-state index contributed by atoms with van der Waals surface area (Å²) in [5.74, 6) is 1.71. The number of nitrogens with two attached hydrogens (primary N) is 1. The first-order chi connectivity index (χ1) is 9.56. The fraction of sp³-hybridized carbons (Fsp3) is 0.533. The molecule has 1 aromatic carbocycles. The summed E-state index contributed by atoms with van der Waals surface area (Å²) < 4.78 is 0. The van der Waals surface area contributed by atoms with Gasteiger partial charge in [0.05, 0.1) is 12.2 Å². The van der Waals surface area contributed by atoms with Gasteiger partial charge >= 0.3 is 0 Å². The van der Waals surface area contributed by atoms with E-state index in [-0.39, 0.29) is 5.91 Å². The van der Waals surface area contributed by atoms with Crippen LogP contribution in [0.1, 0.15) is 20.3 Å². The van der Waals surface area contributed by atoms with Gasteiger partial charge in [0.25, 0.3) is 0 Å². The molecule has 0 bridgehead atoms. The molecule has 0 fully saturated rings. The van der Waals surface area contributed by atoms with E-state index >= 15 is 0 Å². The molecule has 0 atom stereocenters. The van der Waals surface area contributed by atoms with E-state index in [1.54, 1.807) is 0 Å². The van der Waals surface area contributed by atoms with Gasteiger partial charge in [-0.3, -0.25) is 4.79 Å². The fourth-order valence-electron chi connectivity index (χ4n) is 2.18. The summed E-state index contributed by atoms with van der Waals surface area (Å²) in [5, 5.41) is 2.99. The first-order valence-corrected chi connectivity index (χ1v) is 8.09. The zero-order chi connectivity index (χ0) is 14.5. The zero-order valence-corrected chi connectivity index (χ0v) is 13.0. The SMILES string of the molecule is CC(C)CCNC(=O)CN1CCSc2ccc(N)cc21. The Morgan fingerprint density at radius 3 is 3.05 bits per heavy atom. The van der Waals surface area contributed by atoms with Crippen molar-refractivity contribution in [3.05, 3.63) is 18.2 Å². The summed E-state index contributed by atoms with van der Waals surface area (Å²) in [4.78, 5) is 15.3. The first-order valence-electron chi connectivity index (χ1n) is 7.10. The van der Waals surface area contributed by atoms with E-state index in [1.165, 1.54) is 4.90 Å². The maximum absolute atomic E-state index is 12.0. The minimum absolute atomic E-state index is 0.0888. The highest BCUT2D eigenvalue weighted by Gasteiger charge is 2.19. The number of rotatable bonds is 5. The number of hydrogen-bond acceptors (Lipinski definition) is 4. The van der Waals surface area contributed by atoms with Gasteiger partial charge in [0, 0.05) is 29.4 Å². The lowest BCUT2D eigenvalue weighted by atomic mass is 10.1. The molecule has 0 saturated carbocycles. The first kappa shape index (κ1) is 15.0. The number of amides is 1. The molecule has 2 rings (SSSR count). The standard InChI is InChI=1S/C15H23N3OS/c1-11(2)5-6-17-15(19)10-18-7-8-20-14-4-3-12(16)9-13(14)18/h3-4,9,11H,5-8,10,16H2,1-2H3,(H,17,19). The van der Waals surface area contributed by atoms with Crippen LogP contribution in [0.15, 0.2) is 23.1 Å². The number of fused-ring (bicyclic) bond motifs is 1. The Bertz CT molecular complexity index is 476. The minimum Gasteiger partial charge on any atom is -0.399 e. The predicted octanol–water partition coefficient (Wildman–Crippen LogP) is 2.34. The van der Waals surface area contributed by atoms with E-state index in [0.29, 0.717) is 12.5 Å². The Labute approximate surface area is 125 Å². The summed E-state index contributed by atoms with van der Waals surface area (Å²) in [6, 6.07) is 5.92. The number of nitrogens with zero attached hydrogens (tertiary/aromatic N) is 1. The van der Waals surface area contributed by atoms with Crippen LogP contribution in [0.2, 0.25) is 0 Å². The lowest BCUT2D eigenvalue weighted by Crippen LogP contribution is -2.40. The van der Waals surface area contributed by atoms with Crippen molar-refractivity contribution in [2.75, 3.05) is 36.0 Å². The number of thioether (sulfide) groups is 1. The highest BCUT2D eigenvalue weighted by Crippen LogP contribution is 2.35. The Morgan fingerprint density at radius 1 is 1.50 bits per heavy atom. The molecule has 0 unspecified atom stereocenters. The number of benzene rings is 1. The summed E-state index contributed by atoms with van der Waals surface area (Å²) in [6.45, 7) is 6.37. The smallest absolute Gasteiger partial charge is 0.239 e. The van der Waals surface area contributed by atoms with Crippen molar-refractivity contribution < 1.29 is 4.79 Å². The Morgan fingerprint density at radius 2 is 2.30 bits per heavy atom. The molecule has 1 heterocycles. The average Bonchev–Trinajstić information content (AvgIpc) is 2.39. The molecule has 4 nitrogen and oxygen atoms in total. The van der Waals surface area contributed by atoms with Crippen molar-refractivity contribution >= 4 is 29.0 Å². The van der Waals surface area contributed by atoms with Gasteiger partial charge < -0.3 is 16.0 Å². The summed E-state index contributed by atoms with van der Waals surface area (Å²) in [5.41, 5.74) is 7.68. The Hall–Kier alpha value is -1.36. The van der Waals surface area contributed by atoms with Gasteiger partial charge in [0.15, 0.2) is 0 Å². The Balaban J connectivity index is 1.94. The highest BCUT2D eigenvalue weighted by atomic mass is 32.2. The van der Waals surface area contributed by atoms with Crippen LogP contribution in [0.3, 0.4) is 0 Å². The summed E-state index contributed by atoms with van der Waals surface area (Å²) in [6.07, 6.45) is 1.02. The Kier molecular flexibility index (Phi) is 5.17. The van der Waals surface area contributed by atoms with Crippen molar-refractivity contribution in [2.24, 2.45) is 5.92 Å². The number of nitrogen functional groups attached to an aromatic ring is 1. The monoisotopic (exact) mass is 293 g/mol. The third kappa shape index (κ3) is 4.07. The molecule has 0 radical (unpaired) electrons. The quantitative estimate of drug-likeness (QED) is 0.818. The molecule has 1 aromatic rings. The number of carbonyl (C=O) groups is 1. The van der Waals surface area contributed by atoms with Gasteiger partial charge in [-0.05, 0) is 30.5 Å². The summed E-state index contributed by atoms with van der Waals surface area (Å²) in [7, 11) is 0. The summed E-state index contributed by atoms with van der Waals surface area (Å²) >= 11 is 1.82. The number of anilines is 2. The molecular weight excluding hydrogens is 270 g/mol. The molecule has 3 N–H and O–H groups in total. The molecule has 1 aliphatic rings. The van der Waals surface area contributed by atoms with Gasteiger partial charge in [-0.15, -0.1) is 11.8 Å².